The van der Waals surface area contributed by atoms with E-state index in [0.29, 0.717) is 19.1 Å². The van der Waals surface area contributed by atoms with Gasteiger partial charge in [0, 0.05) is 6.04 Å². The molecule has 1 N–H and O–H groups in total. The molecule has 0 aromatic heterocycles. The van der Waals surface area contributed by atoms with Gasteiger partial charge in [0.05, 0.1) is 13.1 Å². The molecule has 1 atom stereocenters. The molecule has 0 aromatic rings. The van der Waals surface area contributed by atoms with Crippen molar-refractivity contribution < 1.29 is 14.3 Å². The van der Waals surface area contributed by atoms with Gasteiger partial charge in [-0.05, 0) is 18.9 Å². The number of cyclic esters (lactones) is 1. The van der Waals surface area contributed by atoms with Crippen molar-refractivity contribution in [2.75, 3.05) is 13.1 Å². The molecule has 2 rings (SSSR count). The number of hydrogen-bond donors (Lipinski definition) is 1. The van der Waals surface area contributed by atoms with Crippen LogP contribution in [-0.4, -0.2) is 42.1 Å². The average molecular weight is 210 g/mol. The highest BCUT2D eigenvalue weighted by atomic mass is 16.6. The normalized spacial score (nSPS) is 24.9. The first-order valence-electron chi connectivity index (χ1n) is 5.08. The summed E-state index contributed by atoms with van der Waals surface area (Å²) in [7, 11) is 0. The Morgan fingerprint density at radius 1 is 1.67 bits per heavy atom. The minimum absolute atomic E-state index is 0.220. The number of ether oxygens (including phenoxy) is 1. The molecule has 1 heterocycles. The second-order valence-electron chi connectivity index (χ2n) is 3.84. The number of nitrogens with one attached hydrogen (secondary N) is 1. The van der Waals surface area contributed by atoms with Crippen molar-refractivity contribution in [1.82, 2.24) is 10.2 Å². The predicted molar refractivity (Wildman–Crippen MR) is 53.2 cm³/mol. The van der Waals surface area contributed by atoms with Crippen molar-refractivity contribution >= 4 is 12.0 Å². The fourth-order valence-electron chi connectivity index (χ4n) is 1.62. The van der Waals surface area contributed by atoms with E-state index in [1.807, 2.05) is 0 Å². The third-order valence-electron chi connectivity index (χ3n) is 2.58. The standard InChI is InChI=1S/C10H14N2O3/c1-2-9(13)11-5-8-6-12(7-3-4-7)10(14)15-8/h2,7-8H,1,3-6H2,(H,11,13). The SMILES string of the molecule is C=CC(=O)NCC1CN(C2CC2)C(=O)O1. The summed E-state index contributed by atoms with van der Waals surface area (Å²) < 4.78 is 5.11. The Labute approximate surface area is 88.1 Å². The molecule has 2 amide bonds. The predicted octanol–water partition coefficient (Wildman–Crippen LogP) is 0.272. The number of carbonyl (C=O) groups is 2. The van der Waals surface area contributed by atoms with Crippen LogP contribution >= 0.6 is 0 Å². The lowest BCUT2D eigenvalue weighted by molar-refractivity contribution is -0.116. The van der Waals surface area contributed by atoms with Crippen molar-refractivity contribution in [2.45, 2.75) is 25.0 Å². The van der Waals surface area contributed by atoms with Crippen molar-refractivity contribution in [3.8, 4) is 0 Å². The third kappa shape index (κ3) is 2.29. The summed E-state index contributed by atoms with van der Waals surface area (Å²) in [5, 5.41) is 2.61. The van der Waals surface area contributed by atoms with Crippen LogP contribution in [0.3, 0.4) is 0 Å². The number of nitrogens with zero attached hydrogens (tertiary/aromatic N) is 1. The molecule has 82 valence electrons. The van der Waals surface area contributed by atoms with Gasteiger partial charge in [-0.15, -0.1) is 0 Å². The molecule has 1 aliphatic heterocycles. The Kier molecular flexibility index (Phi) is 2.62. The monoisotopic (exact) mass is 210 g/mol. The van der Waals surface area contributed by atoms with E-state index in [1.165, 1.54) is 6.08 Å². The maximum atomic E-state index is 11.4. The molecule has 2 aliphatic rings. The summed E-state index contributed by atoms with van der Waals surface area (Å²) in [6.07, 6.45) is 2.87. The molecule has 1 saturated heterocycles. The zero-order chi connectivity index (χ0) is 10.8. The van der Waals surface area contributed by atoms with Gasteiger partial charge in [-0.3, -0.25) is 4.79 Å². The minimum atomic E-state index is -0.254. The van der Waals surface area contributed by atoms with Gasteiger partial charge in [0.1, 0.15) is 6.10 Å². The fourth-order valence-corrected chi connectivity index (χ4v) is 1.62. The van der Waals surface area contributed by atoms with Gasteiger partial charge >= 0.3 is 6.09 Å². The first-order chi connectivity index (χ1) is 7.20. The molecular weight excluding hydrogens is 196 g/mol. The Balaban J connectivity index is 1.78. The van der Waals surface area contributed by atoms with Crippen LogP contribution in [0.15, 0.2) is 12.7 Å². The molecule has 5 nitrogen and oxygen atoms in total. The van der Waals surface area contributed by atoms with Crippen molar-refractivity contribution in [3.63, 3.8) is 0 Å². The second-order valence-corrected chi connectivity index (χ2v) is 3.84. The second kappa shape index (κ2) is 3.92. The molecule has 15 heavy (non-hydrogen) atoms. The summed E-state index contributed by atoms with van der Waals surface area (Å²) in [6.45, 7) is 4.29. The molecule has 0 radical (unpaired) electrons. The van der Waals surface area contributed by atoms with Crippen molar-refractivity contribution in [1.29, 1.82) is 0 Å². The first kappa shape index (κ1) is 10.0. The quantitative estimate of drug-likeness (QED) is 0.678. The molecule has 5 heteroatoms. The number of rotatable bonds is 4. The average Bonchev–Trinajstić information content (AvgIpc) is 3.00. The summed E-state index contributed by atoms with van der Waals surface area (Å²) >= 11 is 0. The number of amides is 2. The lowest BCUT2D eigenvalue weighted by atomic mass is 10.3. The van der Waals surface area contributed by atoms with Crippen molar-refractivity contribution in [3.05, 3.63) is 12.7 Å². The van der Waals surface area contributed by atoms with E-state index in [1.54, 1.807) is 4.90 Å². The molecule has 1 unspecified atom stereocenters. The third-order valence-corrected chi connectivity index (χ3v) is 2.58. The Hall–Kier alpha value is -1.52. The minimum Gasteiger partial charge on any atom is -0.442 e. The molecule has 0 spiro atoms. The first-order valence-corrected chi connectivity index (χ1v) is 5.08. The van der Waals surface area contributed by atoms with E-state index >= 15 is 0 Å². The van der Waals surface area contributed by atoms with E-state index in [9.17, 15) is 9.59 Å². The highest BCUT2D eigenvalue weighted by molar-refractivity contribution is 5.86. The fraction of sp³-hybridized carbons (Fsp3) is 0.600. The molecule has 2 fully saturated rings. The molecular formula is C10H14N2O3. The van der Waals surface area contributed by atoms with Crippen LogP contribution in [0.1, 0.15) is 12.8 Å². The maximum absolute atomic E-state index is 11.4. The largest absolute Gasteiger partial charge is 0.442 e. The Bertz CT molecular complexity index is 299. The molecule has 0 bridgehead atoms. The van der Waals surface area contributed by atoms with E-state index in [0.717, 1.165) is 12.8 Å². The van der Waals surface area contributed by atoms with Gasteiger partial charge in [0.15, 0.2) is 0 Å². The number of hydrogen-bond acceptors (Lipinski definition) is 3. The molecule has 1 aliphatic carbocycles. The smallest absolute Gasteiger partial charge is 0.410 e. The van der Waals surface area contributed by atoms with Gasteiger partial charge < -0.3 is 15.0 Å². The lowest BCUT2D eigenvalue weighted by Crippen LogP contribution is -2.34. The van der Waals surface area contributed by atoms with Gasteiger partial charge in [0.2, 0.25) is 5.91 Å². The summed E-state index contributed by atoms with van der Waals surface area (Å²) in [6, 6.07) is 0.373. The summed E-state index contributed by atoms with van der Waals surface area (Å²) in [5.74, 6) is -0.240. The van der Waals surface area contributed by atoms with E-state index in [-0.39, 0.29) is 18.1 Å². The van der Waals surface area contributed by atoms with Crippen LogP contribution in [0.5, 0.6) is 0 Å². The van der Waals surface area contributed by atoms with Gasteiger partial charge in [0.25, 0.3) is 0 Å². The summed E-state index contributed by atoms with van der Waals surface area (Å²) in [5.41, 5.74) is 0. The van der Waals surface area contributed by atoms with Crippen LogP contribution in [0.25, 0.3) is 0 Å². The lowest BCUT2D eigenvalue weighted by Gasteiger charge is -2.10. The van der Waals surface area contributed by atoms with E-state index in [2.05, 4.69) is 11.9 Å². The summed E-state index contributed by atoms with van der Waals surface area (Å²) in [4.78, 5) is 24.0. The van der Waals surface area contributed by atoms with Gasteiger partial charge in [-0.25, -0.2) is 4.79 Å². The molecule has 1 saturated carbocycles. The highest BCUT2D eigenvalue weighted by Gasteiger charge is 2.40. The highest BCUT2D eigenvalue weighted by Crippen LogP contribution is 2.30. The van der Waals surface area contributed by atoms with Gasteiger partial charge in [-0.2, -0.15) is 0 Å². The topological polar surface area (TPSA) is 58.6 Å². The Morgan fingerprint density at radius 2 is 2.40 bits per heavy atom. The van der Waals surface area contributed by atoms with E-state index in [4.69, 9.17) is 4.74 Å². The zero-order valence-electron chi connectivity index (χ0n) is 8.44. The molecule has 0 aromatic carbocycles. The Morgan fingerprint density at radius 3 is 3.00 bits per heavy atom. The van der Waals surface area contributed by atoms with Crippen LogP contribution in [0.2, 0.25) is 0 Å². The number of carbonyl (C=O) groups excluding carboxylic acids is 2. The van der Waals surface area contributed by atoms with Crippen LogP contribution < -0.4 is 5.32 Å². The van der Waals surface area contributed by atoms with Crippen LogP contribution in [-0.2, 0) is 9.53 Å². The van der Waals surface area contributed by atoms with Crippen molar-refractivity contribution in [2.24, 2.45) is 0 Å². The maximum Gasteiger partial charge on any atom is 0.410 e. The zero-order valence-corrected chi connectivity index (χ0v) is 8.44. The van der Waals surface area contributed by atoms with Gasteiger partial charge in [-0.1, -0.05) is 6.58 Å². The van der Waals surface area contributed by atoms with Crippen LogP contribution in [0, 0.1) is 0 Å². The van der Waals surface area contributed by atoms with E-state index < -0.39 is 0 Å². The van der Waals surface area contributed by atoms with Crippen LogP contribution in [0.4, 0.5) is 4.79 Å².